The average Bonchev–Trinajstić information content (AvgIpc) is 3.39. The molecule has 0 saturated heterocycles. The molecule has 3 rings (SSSR count). The smallest absolute Gasteiger partial charge is 0.316 e. The van der Waals surface area contributed by atoms with Gasteiger partial charge in [-0.2, -0.15) is 0 Å². The van der Waals surface area contributed by atoms with Gasteiger partial charge in [0.25, 0.3) is 0 Å². The number of hydrogen-bond acceptors (Lipinski definition) is 2. The van der Waals surface area contributed by atoms with Gasteiger partial charge in [0.05, 0.1) is 0 Å². The van der Waals surface area contributed by atoms with Crippen molar-refractivity contribution >= 4 is 11.7 Å². The van der Waals surface area contributed by atoms with Crippen LogP contribution in [-0.4, -0.2) is 12.1 Å². The Kier molecular flexibility index (Phi) is 5.16. The van der Waals surface area contributed by atoms with Crippen molar-refractivity contribution in [3.05, 3.63) is 65.2 Å². The molecule has 1 saturated carbocycles. The van der Waals surface area contributed by atoms with Gasteiger partial charge in [-0.15, -0.1) is 0 Å². The van der Waals surface area contributed by atoms with Gasteiger partial charge in [0, 0.05) is 18.3 Å². The summed E-state index contributed by atoms with van der Waals surface area (Å²) < 4.78 is 0. The fourth-order valence-electron chi connectivity index (χ4n) is 3.08. The van der Waals surface area contributed by atoms with Crippen LogP contribution >= 0.6 is 0 Å². The van der Waals surface area contributed by atoms with Crippen LogP contribution < -0.4 is 16.4 Å². The summed E-state index contributed by atoms with van der Waals surface area (Å²) in [5.41, 5.74) is 9.86. The molecule has 4 heteroatoms. The molecule has 0 bridgehead atoms. The predicted molar refractivity (Wildman–Crippen MR) is 97.9 cm³/mol. The van der Waals surface area contributed by atoms with Crippen LogP contribution in [0.4, 0.5) is 10.5 Å². The standard InChI is InChI=1S/C20H25N3O/c1-14-4-2-3-5-17(14)12-19(16-8-9-16)22-13-15-6-10-18(11-7-15)23-20(21)24/h2-7,10-11,16,19,22H,8-9,12-13H2,1H3,(H3,21,23,24)/t19-/m0/s1. The number of nitrogens with two attached hydrogens (primary N) is 1. The van der Waals surface area contributed by atoms with Crippen molar-refractivity contribution in [2.45, 2.75) is 38.8 Å². The highest BCUT2D eigenvalue weighted by molar-refractivity contribution is 5.87. The Morgan fingerprint density at radius 1 is 1.17 bits per heavy atom. The van der Waals surface area contributed by atoms with Gasteiger partial charge in [0.15, 0.2) is 0 Å². The molecule has 24 heavy (non-hydrogen) atoms. The van der Waals surface area contributed by atoms with Crippen LogP contribution in [0.5, 0.6) is 0 Å². The lowest BCUT2D eigenvalue weighted by Gasteiger charge is -2.20. The van der Waals surface area contributed by atoms with Crippen LogP contribution in [-0.2, 0) is 13.0 Å². The minimum absolute atomic E-state index is 0.523. The lowest BCUT2D eigenvalue weighted by atomic mass is 9.98. The monoisotopic (exact) mass is 323 g/mol. The quantitative estimate of drug-likeness (QED) is 0.729. The normalized spacial score (nSPS) is 15.0. The molecule has 1 aliphatic carbocycles. The summed E-state index contributed by atoms with van der Waals surface area (Å²) in [7, 11) is 0. The number of aryl methyl sites for hydroxylation is 1. The van der Waals surface area contributed by atoms with Crippen molar-refractivity contribution in [1.29, 1.82) is 0 Å². The maximum Gasteiger partial charge on any atom is 0.316 e. The maximum absolute atomic E-state index is 10.9. The zero-order chi connectivity index (χ0) is 16.9. The van der Waals surface area contributed by atoms with E-state index in [2.05, 4.69) is 41.8 Å². The molecular weight excluding hydrogens is 298 g/mol. The van der Waals surface area contributed by atoms with E-state index in [1.165, 1.54) is 29.5 Å². The zero-order valence-electron chi connectivity index (χ0n) is 14.1. The van der Waals surface area contributed by atoms with Crippen LogP contribution in [0.3, 0.4) is 0 Å². The van der Waals surface area contributed by atoms with Crippen molar-refractivity contribution in [2.24, 2.45) is 11.7 Å². The molecule has 2 aromatic carbocycles. The third-order valence-electron chi connectivity index (χ3n) is 4.68. The molecule has 0 radical (unpaired) electrons. The van der Waals surface area contributed by atoms with Gasteiger partial charge in [-0.05, 0) is 60.9 Å². The van der Waals surface area contributed by atoms with E-state index < -0.39 is 6.03 Å². The van der Waals surface area contributed by atoms with Crippen molar-refractivity contribution < 1.29 is 4.79 Å². The van der Waals surface area contributed by atoms with Gasteiger partial charge in [0.1, 0.15) is 0 Å². The Labute approximate surface area is 143 Å². The van der Waals surface area contributed by atoms with Gasteiger partial charge >= 0.3 is 6.03 Å². The van der Waals surface area contributed by atoms with E-state index >= 15 is 0 Å². The summed E-state index contributed by atoms with van der Waals surface area (Å²) in [4.78, 5) is 10.9. The van der Waals surface area contributed by atoms with E-state index in [-0.39, 0.29) is 0 Å². The molecule has 1 atom stereocenters. The van der Waals surface area contributed by atoms with E-state index in [0.717, 1.165) is 24.6 Å². The SMILES string of the molecule is Cc1ccccc1C[C@H](NCc1ccc(NC(N)=O)cc1)C1CC1. The highest BCUT2D eigenvalue weighted by Gasteiger charge is 2.31. The van der Waals surface area contributed by atoms with Gasteiger partial charge in [0.2, 0.25) is 0 Å². The molecule has 126 valence electrons. The predicted octanol–water partition coefficient (Wildman–Crippen LogP) is 3.60. The van der Waals surface area contributed by atoms with Crippen LogP contribution in [0.15, 0.2) is 48.5 Å². The van der Waals surface area contributed by atoms with Gasteiger partial charge in [-0.3, -0.25) is 0 Å². The first kappa shape index (κ1) is 16.5. The summed E-state index contributed by atoms with van der Waals surface area (Å²) in [5, 5.41) is 6.30. The fraction of sp³-hybridized carbons (Fsp3) is 0.350. The number of urea groups is 1. The Bertz CT molecular complexity index is 692. The Morgan fingerprint density at radius 2 is 1.88 bits per heavy atom. The molecule has 1 aliphatic rings. The summed E-state index contributed by atoms with van der Waals surface area (Å²) in [6, 6.07) is 16.4. The molecule has 2 amide bonds. The van der Waals surface area contributed by atoms with Crippen LogP contribution in [0.2, 0.25) is 0 Å². The molecule has 4 N–H and O–H groups in total. The summed E-state index contributed by atoms with van der Waals surface area (Å²) in [5.74, 6) is 0.792. The number of amides is 2. The number of carbonyl (C=O) groups excluding carboxylic acids is 1. The van der Waals surface area contributed by atoms with Gasteiger partial charge in [-0.25, -0.2) is 4.79 Å². The van der Waals surface area contributed by atoms with Gasteiger partial charge < -0.3 is 16.4 Å². The number of nitrogens with one attached hydrogen (secondary N) is 2. The third kappa shape index (κ3) is 4.59. The Hall–Kier alpha value is -2.33. The maximum atomic E-state index is 10.9. The van der Waals surface area contributed by atoms with Crippen LogP contribution in [0.1, 0.15) is 29.5 Å². The number of carbonyl (C=O) groups is 1. The second kappa shape index (κ2) is 7.49. The number of anilines is 1. The number of primary amides is 1. The van der Waals surface area contributed by atoms with Crippen molar-refractivity contribution in [3.8, 4) is 0 Å². The van der Waals surface area contributed by atoms with E-state index in [0.29, 0.717) is 6.04 Å². The molecule has 1 fully saturated rings. The summed E-state index contributed by atoms with van der Waals surface area (Å²) in [6.07, 6.45) is 3.73. The second-order valence-electron chi connectivity index (χ2n) is 6.64. The first-order valence-corrected chi connectivity index (χ1v) is 8.55. The average molecular weight is 323 g/mol. The van der Waals surface area contributed by atoms with E-state index in [1.54, 1.807) is 0 Å². The number of hydrogen-bond donors (Lipinski definition) is 3. The Balaban J connectivity index is 1.58. The first-order valence-electron chi connectivity index (χ1n) is 8.55. The number of rotatable bonds is 7. The minimum atomic E-state index is -0.534. The van der Waals surface area contributed by atoms with Crippen molar-refractivity contribution in [2.75, 3.05) is 5.32 Å². The molecule has 0 aliphatic heterocycles. The van der Waals surface area contributed by atoms with E-state index in [4.69, 9.17) is 5.73 Å². The molecule has 0 spiro atoms. The van der Waals surface area contributed by atoms with E-state index in [1.807, 2.05) is 24.3 Å². The lowest BCUT2D eigenvalue weighted by Crippen LogP contribution is -2.33. The molecule has 4 nitrogen and oxygen atoms in total. The first-order chi connectivity index (χ1) is 11.6. The van der Waals surface area contributed by atoms with Crippen molar-refractivity contribution in [1.82, 2.24) is 5.32 Å². The molecule has 0 aromatic heterocycles. The molecule has 0 heterocycles. The lowest BCUT2D eigenvalue weighted by molar-refractivity contribution is 0.259. The second-order valence-corrected chi connectivity index (χ2v) is 6.64. The van der Waals surface area contributed by atoms with E-state index in [9.17, 15) is 4.79 Å². The topological polar surface area (TPSA) is 67.2 Å². The Morgan fingerprint density at radius 3 is 2.50 bits per heavy atom. The molecular formula is C20H25N3O. The highest BCUT2D eigenvalue weighted by Crippen LogP contribution is 2.34. The number of benzene rings is 2. The molecule has 2 aromatic rings. The minimum Gasteiger partial charge on any atom is -0.351 e. The molecule has 0 unspecified atom stereocenters. The van der Waals surface area contributed by atoms with Gasteiger partial charge in [-0.1, -0.05) is 36.4 Å². The fourth-order valence-corrected chi connectivity index (χ4v) is 3.08. The van der Waals surface area contributed by atoms with Crippen LogP contribution in [0.25, 0.3) is 0 Å². The third-order valence-corrected chi connectivity index (χ3v) is 4.68. The van der Waals surface area contributed by atoms with Crippen LogP contribution in [0, 0.1) is 12.8 Å². The summed E-state index contributed by atoms with van der Waals surface area (Å²) >= 11 is 0. The highest BCUT2D eigenvalue weighted by atomic mass is 16.2. The largest absolute Gasteiger partial charge is 0.351 e. The summed E-state index contributed by atoms with van der Waals surface area (Å²) in [6.45, 7) is 3.02. The zero-order valence-corrected chi connectivity index (χ0v) is 14.1. The van der Waals surface area contributed by atoms with Crippen molar-refractivity contribution in [3.63, 3.8) is 0 Å².